The van der Waals surface area contributed by atoms with Crippen LogP contribution in [0.5, 0.6) is 11.5 Å². The molecule has 1 aromatic heterocycles. The molecule has 260 valence electrons. The lowest BCUT2D eigenvalue weighted by Crippen LogP contribution is -2.71. The van der Waals surface area contributed by atoms with Crippen molar-refractivity contribution in [3.8, 4) is 11.5 Å². The summed E-state index contributed by atoms with van der Waals surface area (Å²) in [6.07, 6.45) is 10.3. The normalized spacial score (nSPS) is 22.2. The second kappa shape index (κ2) is 17.1. The van der Waals surface area contributed by atoms with Crippen LogP contribution in [0.1, 0.15) is 87.6 Å². The van der Waals surface area contributed by atoms with Crippen molar-refractivity contribution in [2.45, 2.75) is 96.6 Å². The molecule has 8 nitrogen and oxygen atoms in total. The third-order valence-corrected chi connectivity index (χ3v) is 11.5. The maximum atomic E-state index is 13.3. The summed E-state index contributed by atoms with van der Waals surface area (Å²) in [5, 5.41) is 25.7. The van der Waals surface area contributed by atoms with Gasteiger partial charge in [0.15, 0.2) is 0 Å². The number of ether oxygens (including phenoxy) is 2. The topological polar surface area (TPSA) is 108 Å². The first kappa shape index (κ1) is 36.2. The Morgan fingerprint density at radius 2 is 2.06 bits per heavy atom. The Morgan fingerprint density at radius 3 is 2.79 bits per heavy atom. The lowest BCUT2D eigenvalue weighted by Gasteiger charge is -2.51. The van der Waals surface area contributed by atoms with E-state index >= 15 is 0 Å². The van der Waals surface area contributed by atoms with E-state index in [2.05, 4.69) is 44.8 Å². The van der Waals surface area contributed by atoms with Gasteiger partial charge in [-0.1, -0.05) is 49.6 Å². The zero-order chi connectivity index (χ0) is 34.2. The molecule has 0 radical (unpaired) electrons. The molecular formula is C38H50N2O6S2. The minimum atomic E-state index is -0.546. The molecule has 3 aliphatic rings. The number of β-lactam (4-membered cyclic amide) rings is 1. The number of aliphatic hydroxyl groups excluding tert-OH is 1. The number of fused-ring (bicyclic) bond motifs is 1. The van der Waals surface area contributed by atoms with E-state index in [1.165, 1.54) is 16.9 Å². The van der Waals surface area contributed by atoms with E-state index in [1.54, 1.807) is 16.7 Å². The van der Waals surface area contributed by atoms with Crippen molar-refractivity contribution in [2.75, 3.05) is 25.1 Å². The first-order valence-electron chi connectivity index (χ1n) is 17.1. The van der Waals surface area contributed by atoms with Crippen molar-refractivity contribution < 1.29 is 29.3 Å². The number of unbranched alkanes of at least 4 members (excludes halogenated alkanes) is 2. The van der Waals surface area contributed by atoms with E-state index in [-0.39, 0.29) is 48.5 Å². The average molecular weight is 695 g/mol. The highest BCUT2D eigenvalue weighted by Crippen LogP contribution is 2.47. The average Bonchev–Trinajstić information content (AvgIpc) is 3.57. The van der Waals surface area contributed by atoms with Gasteiger partial charge >= 0.3 is 0 Å². The number of aryl methyl sites for hydroxylation is 1. The van der Waals surface area contributed by atoms with E-state index in [0.29, 0.717) is 11.7 Å². The molecule has 0 saturated carbocycles. The van der Waals surface area contributed by atoms with Crippen molar-refractivity contribution in [1.29, 1.82) is 0 Å². The minimum absolute atomic E-state index is 0.00247. The number of aromatic hydroxyl groups is 1. The number of benzene rings is 1. The molecule has 3 N–H and O–H groups in total. The number of hydrogen-bond acceptors (Lipinski definition) is 8. The number of phenolic OH excluding ortho intramolecular Hbond substituents is 1. The van der Waals surface area contributed by atoms with Gasteiger partial charge in [-0.3, -0.25) is 9.59 Å². The molecule has 4 atom stereocenters. The zero-order valence-electron chi connectivity index (χ0n) is 28.5. The number of amides is 2. The fourth-order valence-electron chi connectivity index (χ4n) is 7.26. The Kier molecular flexibility index (Phi) is 12.9. The monoisotopic (exact) mass is 694 g/mol. The molecule has 2 aliphatic heterocycles. The molecule has 0 bridgehead atoms. The Morgan fingerprint density at radius 1 is 1.23 bits per heavy atom. The van der Waals surface area contributed by atoms with Crippen LogP contribution >= 0.6 is 23.1 Å². The van der Waals surface area contributed by atoms with Crippen LogP contribution in [0.2, 0.25) is 0 Å². The maximum Gasteiger partial charge on any atom is 0.251 e. The number of nitrogens with one attached hydrogen (secondary N) is 1. The molecule has 3 heterocycles. The Bertz CT molecular complexity index is 1520. The predicted octanol–water partition coefficient (Wildman–Crippen LogP) is 7.22. The number of thioether (sulfide) groups is 1. The highest BCUT2D eigenvalue weighted by Gasteiger charge is 2.51. The van der Waals surface area contributed by atoms with Crippen molar-refractivity contribution in [2.24, 2.45) is 5.92 Å². The maximum absolute atomic E-state index is 13.3. The van der Waals surface area contributed by atoms with Gasteiger partial charge in [0.1, 0.15) is 30.3 Å². The highest BCUT2D eigenvalue weighted by molar-refractivity contribution is 7.99. The van der Waals surface area contributed by atoms with Crippen molar-refractivity contribution in [3.05, 3.63) is 80.7 Å². The Labute approximate surface area is 293 Å². The van der Waals surface area contributed by atoms with Crippen LogP contribution in [0.3, 0.4) is 0 Å². The molecule has 2 amide bonds. The highest BCUT2D eigenvalue weighted by atomic mass is 32.2. The summed E-state index contributed by atoms with van der Waals surface area (Å²) in [7, 11) is 0. The van der Waals surface area contributed by atoms with Gasteiger partial charge in [0, 0.05) is 27.8 Å². The van der Waals surface area contributed by atoms with E-state index in [9.17, 15) is 19.8 Å². The van der Waals surface area contributed by atoms with Crippen LogP contribution in [0.15, 0.2) is 64.7 Å². The molecule has 5 rings (SSSR count). The molecule has 1 aromatic carbocycles. The number of aliphatic hydroxyl groups is 1. The van der Waals surface area contributed by atoms with E-state index in [4.69, 9.17) is 9.47 Å². The fourth-order valence-corrected chi connectivity index (χ4v) is 8.81. The molecule has 48 heavy (non-hydrogen) atoms. The lowest BCUT2D eigenvalue weighted by molar-refractivity contribution is -0.152. The van der Waals surface area contributed by atoms with Crippen LogP contribution in [0, 0.1) is 5.92 Å². The van der Waals surface area contributed by atoms with Crippen LogP contribution in [0.25, 0.3) is 0 Å². The molecule has 1 saturated heterocycles. The number of hydrogen-bond donors (Lipinski definition) is 3. The first-order chi connectivity index (χ1) is 23.2. The number of carbonyl (C=O) groups excluding carboxylic acids is 2. The largest absolute Gasteiger partial charge is 0.507 e. The zero-order valence-corrected chi connectivity index (χ0v) is 30.1. The summed E-state index contributed by atoms with van der Waals surface area (Å²) in [6, 6.07) is 7.18. The second-order valence-electron chi connectivity index (χ2n) is 13.3. The smallest absolute Gasteiger partial charge is 0.251 e. The SMILES string of the molecule is C=C(C)[C@@H]1CCC(C)=C[C@H]1c1c(O)cc(CCCCC)cc1OCSCC1=C(COCO)N2C(=O)[C@@H](NC(=O)Cc3cccs3)[C@H]2CC1. The summed E-state index contributed by atoms with van der Waals surface area (Å²) in [6.45, 7) is 10.4. The number of phenols is 1. The molecule has 0 spiro atoms. The standard InChI is InChI=1S/C38H50N2O6S2/c1-5-6-7-9-26-17-33(42)36(30-16-25(4)11-13-29(30)24(2)3)34(18-26)46-23-47-21-27-12-14-31-37(38(44)40(31)32(27)20-45-22-41)39-35(43)19-28-10-8-15-48-28/h8,10,15-18,29-31,37,41-42H,2,5-7,9,11-14,19-23H2,1,3-4H3,(H,39,43)/t29-,30+,31+,37-/m0/s1. The molecule has 2 aromatic rings. The number of nitrogens with zero attached hydrogens (tertiary/aromatic N) is 1. The van der Waals surface area contributed by atoms with Gasteiger partial charge in [0.05, 0.1) is 19.1 Å². The quantitative estimate of drug-likeness (QED) is 0.0695. The summed E-state index contributed by atoms with van der Waals surface area (Å²) < 4.78 is 11.9. The van der Waals surface area contributed by atoms with Gasteiger partial charge in [-0.2, -0.15) is 0 Å². The van der Waals surface area contributed by atoms with Crippen molar-refractivity contribution >= 4 is 34.9 Å². The molecule has 1 aliphatic carbocycles. The molecule has 1 fully saturated rings. The summed E-state index contributed by atoms with van der Waals surface area (Å²) in [4.78, 5) is 28.7. The summed E-state index contributed by atoms with van der Waals surface area (Å²) in [5.41, 5.74) is 6.18. The van der Waals surface area contributed by atoms with Crippen LogP contribution in [0.4, 0.5) is 0 Å². The lowest BCUT2D eigenvalue weighted by atomic mass is 9.73. The van der Waals surface area contributed by atoms with Gasteiger partial charge in [-0.15, -0.1) is 23.1 Å². The fraction of sp³-hybridized carbons (Fsp3) is 0.526. The summed E-state index contributed by atoms with van der Waals surface area (Å²) >= 11 is 3.14. The van der Waals surface area contributed by atoms with Gasteiger partial charge in [0.25, 0.3) is 5.91 Å². The van der Waals surface area contributed by atoms with E-state index in [0.717, 1.165) is 90.0 Å². The van der Waals surface area contributed by atoms with Gasteiger partial charge in [-0.25, -0.2) is 0 Å². The third kappa shape index (κ3) is 8.56. The predicted molar refractivity (Wildman–Crippen MR) is 193 cm³/mol. The number of thiophene rings is 1. The summed E-state index contributed by atoms with van der Waals surface area (Å²) in [5.74, 6) is 1.93. The molecule has 10 heteroatoms. The van der Waals surface area contributed by atoms with Crippen LogP contribution in [-0.2, 0) is 27.2 Å². The van der Waals surface area contributed by atoms with Crippen LogP contribution in [-0.4, -0.2) is 64.1 Å². The Hall–Kier alpha value is -3.05. The Balaban J connectivity index is 1.28. The minimum Gasteiger partial charge on any atom is -0.507 e. The molecular weight excluding hydrogens is 645 g/mol. The van der Waals surface area contributed by atoms with Crippen LogP contribution < -0.4 is 10.1 Å². The number of carbonyl (C=O) groups is 2. The number of allylic oxidation sites excluding steroid dienone is 3. The second-order valence-corrected chi connectivity index (χ2v) is 15.2. The van der Waals surface area contributed by atoms with E-state index in [1.807, 2.05) is 23.6 Å². The first-order valence-corrected chi connectivity index (χ1v) is 19.2. The van der Waals surface area contributed by atoms with Crippen molar-refractivity contribution in [3.63, 3.8) is 0 Å². The van der Waals surface area contributed by atoms with E-state index < -0.39 is 12.8 Å². The molecule has 0 unspecified atom stereocenters. The number of rotatable bonds is 17. The van der Waals surface area contributed by atoms with Gasteiger partial charge in [-0.05, 0) is 93.0 Å². The van der Waals surface area contributed by atoms with Gasteiger partial charge in [0.2, 0.25) is 5.91 Å². The van der Waals surface area contributed by atoms with Crippen molar-refractivity contribution in [1.82, 2.24) is 10.2 Å². The third-order valence-electron chi connectivity index (χ3n) is 9.76. The van der Waals surface area contributed by atoms with Gasteiger partial charge < -0.3 is 29.9 Å².